The molecule has 0 aliphatic carbocycles. The van der Waals surface area contributed by atoms with Crippen molar-refractivity contribution in [2.45, 2.75) is 30.7 Å². The van der Waals surface area contributed by atoms with E-state index in [9.17, 15) is 8.42 Å². The molecule has 1 rings (SSSR count). The lowest BCUT2D eigenvalue weighted by Gasteiger charge is -2.24. The topological polar surface area (TPSA) is 72.6 Å². The summed E-state index contributed by atoms with van der Waals surface area (Å²) in [5, 5.41) is 0. The van der Waals surface area contributed by atoms with Crippen LogP contribution in [0, 0.1) is 0 Å². The lowest BCUT2D eigenvalue weighted by molar-refractivity contribution is 0.221. The van der Waals surface area contributed by atoms with Crippen LogP contribution in [0.15, 0.2) is 29.2 Å². The first kappa shape index (κ1) is 15.9. The zero-order valence-electron chi connectivity index (χ0n) is 11.9. The van der Waals surface area contributed by atoms with Gasteiger partial charge in [0, 0.05) is 19.6 Å². The number of hydrogen-bond acceptors (Lipinski definition) is 4. The second kappa shape index (κ2) is 5.90. The van der Waals surface area contributed by atoms with Gasteiger partial charge >= 0.3 is 0 Å². The molecule has 0 aromatic heterocycles. The third-order valence-corrected chi connectivity index (χ3v) is 4.83. The highest BCUT2D eigenvalue weighted by molar-refractivity contribution is 7.89. The first-order chi connectivity index (χ1) is 8.70. The van der Waals surface area contributed by atoms with Gasteiger partial charge in [0.1, 0.15) is 17.3 Å². The molecule has 1 unspecified atom stereocenters. The van der Waals surface area contributed by atoms with E-state index < -0.39 is 15.6 Å². The molecule has 2 N–H and O–H groups in total. The Labute approximate surface area is 115 Å². The molecule has 0 radical (unpaired) electrons. The summed E-state index contributed by atoms with van der Waals surface area (Å²) >= 11 is 0. The molecule has 0 heterocycles. The molecule has 108 valence electrons. The number of sulfonamides is 1. The van der Waals surface area contributed by atoms with Gasteiger partial charge in [-0.2, -0.15) is 0 Å². The molecule has 0 aliphatic heterocycles. The lowest BCUT2D eigenvalue weighted by Crippen LogP contribution is -2.41. The fourth-order valence-electron chi connectivity index (χ4n) is 1.32. The van der Waals surface area contributed by atoms with E-state index in [0.717, 1.165) is 10.7 Å². The lowest BCUT2D eigenvalue weighted by atomic mass is 10.0. The van der Waals surface area contributed by atoms with Crippen molar-refractivity contribution in [3.63, 3.8) is 0 Å². The molecule has 0 spiro atoms. The molecule has 0 saturated carbocycles. The molecule has 1 aromatic rings. The fraction of sp³-hybridized carbons (Fsp3) is 0.538. The van der Waals surface area contributed by atoms with Gasteiger partial charge in [-0.3, -0.25) is 0 Å². The maximum Gasteiger partial charge on any atom is 0.246 e. The van der Waals surface area contributed by atoms with E-state index in [1.54, 1.807) is 18.2 Å². The van der Waals surface area contributed by atoms with E-state index in [2.05, 4.69) is 0 Å². The van der Waals surface area contributed by atoms with Gasteiger partial charge in [0.15, 0.2) is 0 Å². The number of ether oxygens (including phenoxy) is 1. The van der Waals surface area contributed by atoms with Crippen LogP contribution in [0.1, 0.15) is 20.3 Å². The quantitative estimate of drug-likeness (QED) is 0.859. The molecule has 19 heavy (non-hydrogen) atoms. The maximum absolute atomic E-state index is 12.2. The molecule has 1 aromatic carbocycles. The highest BCUT2D eigenvalue weighted by atomic mass is 32.2. The minimum Gasteiger partial charge on any atom is -0.490 e. The van der Waals surface area contributed by atoms with Crippen molar-refractivity contribution in [1.82, 2.24) is 4.31 Å². The molecule has 5 nitrogen and oxygen atoms in total. The van der Waals surface area contributed by atoms with Crippen LogP contribution >= 0.6 is 0 Å². The number of nitrogens with two attached hydrogens (primary N) is 1. The van der Waals surface area contributed by atoms with E-state index in [4.69, 9.17) is 10.5 Å². The molecule has 6 heteroatoms. The monoisotopic (exact) mass is 286 g/mol. The van der Waals surface area contributed by atoms with E-state index in [1.807, 2.05) is 13.8 Å². The summed E-state index contributed by atoms with van der Waals surface area (Å²) in [6, 6.07) is 6.58. The third kappa shape index (κ3) is 3.92. The molecular weight excluding hydrogens is 264 g/mol. The molecular formula is C13H22N2O3S. The third-order valence-electron chi connectivity index (χ3n) is 2.97. The summed E-state index contributed by atoms with van der Waals surface area (Å²) < 4.78 is 31.1. The van der Waals surface area contributed by atoms with Crippen LogP contribution < -0.4 is 10.5 Å². The van der Waals surface area contributed by atoms with Crippen molar-refractivity contribution in [1.29, 1.82) is 0 Å². The molecule has 0 aliphatic rings. The van der Waals surface area contributed by atoms with Gasteiger partial charge in [-0.25, -0.2) is 12.7 Å². The second-order valence-corrected chi connectivity index (χ2v) is 7.15. The predicted octanol–water partition coefficient (Wildman–Crippen LogP) is 1.44. The van der Waals surface area contributed by atoms with Crippen molar-refractivity contribution >= 4 is 10.0 Å². The van der Waals surface area contributed by atoms with Crippen LogP contribution in [-0.4, -0.2) is 39.0 Å². The molecule has 1 atom stereocenters. The smallest absolute Gasteiger partial charge is 0.246 e. The first-order valence-corrected chi connectivity index (χ1v) is 7.58. The van der Waals surface area contributed by atoms with Gasteiger partial charge in [0.2, 0.25) is 10.0 Å². The van der Waals surface area contributed by atoms with Crippen LogP contribution in [0.5, 0.6) is 5.75 Å². The van der Waals surface area contributed by atoms with Gasteiger partial charge in [0.25, 0.3) is 0 Å². The van der Waals surface area contributed by atoms with Crippen molar-refractivity contribution in [2.24, 2.45) is 5.73 Å². The van der Waals surface area contributed by atoms with Crippen LogP contribution in [0.25, 0.3) is 0 Å². The van der Waals surface area contributed by atoms with Crippen LogP contribution in [0.2, 0.25) is 0 Å². The summed E-state index contributed by atoms with van der Waals surface area (Å²) in [6.07, 6.45) is 0.746. The Hall–Kier alpha value is -1.11. The highest BCUT2D eigenvalue weighted by Gasteiger charge is 2.23. The number of hydrogen-bond donors (Lipinski definition) is 1. The molecule has 0 bridgehead atoms. The second-order valence-electron chi connectivity index (χ2n) is 5.03. The summed E-state index contributed by atoms with van der Waals surface area (Å²) in [5.74, 6) is 0.335. The van der Waals surface area contributed by atoms with Gasteiger partial charge in [-0.1, -0.05) is 19.1 Å². The zero-order chi connectivity index (χ0) is 14.7. The maximum atomic E-state index is 12.2. The first-order valence-electron chi connectivity index (χ1n) is 6.14. The Balaban J connectivity index is 3.05. The average molecular weight is 286 g/mol. The summed E-state index contributed by atoms with van der Waals surface area (Å²) in [7, 11) is -0.532. The van der Waals surface area contributed by atoms with E-state index >= 15 is 0 Å². The Morgan fingerprint density at radius 1 is 1.32 bits per heavy atom. The van der Waals surface area contributed by atoms with Gasteiger partial charge < -0.3 is 10.5 Å². The van der Waals surface area contributed by atoms with Gasteiger partial charge in [-0.05, 0) is 25.5 Å². The Morgan fingerprint density at radius 2 is 1.89 bits per heavy atom. The Morgan fingerprint density at radius 3 is 2.42 bits per heavy atom. The van der Waals surface area contributed by atoms with E-state index in [-0.39, 0.29) is 11.5 Å². The van der Waals surface area contributed by atoms with Crippen molar-refractivity contribution < 1.29 is 13.2 Å². The number of nitrogens with zero attached hydrogens (tertiary/aromatic N) is 1. The minimum atomic E-state index is -3.51. The van der Waals surface area contributed by atoms with Crippen molar-refractivity contribution in [3.8, 4) is 5.75 Å². The van der Waals surface area contributed by atoms with Crippen molar-refractivity contribution in [2.75, 3.05) is 20.7 Å². The average Bonchev–Trinajstić information content (AvgIpc) is 2.36. The summed E-state index contributed by atoms with van der Waals surface area (Å²) in [6.45, 7) is 4.10. The summed E-state index contributed by atoms with van der Waals surface area (Å²) in [5.41, 5.74) is 5.52. The highest BCUT2D eigenvalue weighted by Crippen LogP contribution is 2.26. The van der Waals surface area contributed by atoms with E-state index in [1.165, 1.54) is 20.2 Å². The SMILES string of the molecule is CCC(C)(N)COc1ccccc1S(=O)(=O)N(C)C. The fourth-order valence-corrected chi connectivity index (χ4v) is 2.35. The van der Waals surface area contributed by atoms with Gasteiger partial charge in [0.05, 0.1) is 0 Å². The minimum absolute atomic E-state index is 0.159. The van der Waals surface area contributed by atoms with Crippen LogP contribution in [-0.2, 0) is 10.0 Å². The zero-order valence-corrected chi connectivity index (χ0v) is 12.7. The Kier molecular flexibility index (Phi) is 4.95. The summed E-state index contributed by atoms with van der Waals surface area (Å²) in [4.78, 5) is 0.159. The van der Waals surface area contributed by atoms with Crippen LogP contribution in [0.4, 0.5) is 0 Å². The standard InChI is InChI=1S/C13H22N2O3S/c1-5-13(2,14)10-18-11-8-6-7-9-12(11)19(16,17)15(3)4/h6-9H,5,10,14H2,1-4H3. The van der Waals surface area contributed by atoms with Gasteiger partial charge in [-0.15, -0.1) is 0 Å². The van der Waals surface area contributed by atoms with E-state index in [0.29, 0.717) is 5.75 Å². The molecule has 0 amide bonds. The predicted molar refractivity (Wildman–Crippen MR) is 75.7 cm³/mol. The molecule has 0 saturated heterocycles. The normalized spacial score (nSPS) is 15.3. The largest absolute Gasteiger partial charge is 0.490 e. The van der Waals surface area contributed by atoms with Crippen molar-refractivity contribution in [3.05, 3.63) is 24.3 Å². The van der Waals surface area contributed by atoms with Crippen LogP contribution in [0.3, 0.4) is 0 Å². The number of para-hydroxylation sites is 1. The number of benzene rings is 1. The molecule has 0 fully saturated rings. The Bertz CT molecular complexity index is 524. The number of rotatable bonds is 6.